The topological polar surface area (TPSA) is 66.4 Å². The number of carbonyl (C=O) groups is 1. The molecule has 24 heavy (non-hydrogen) atoms. The summed E-state index contributed by atoms with van der Waals surface area (Å²) in [6, 6.07) is 16.3. The van der Waals surface area contributed by atoms with E-state index in [-0.39, 0.29) is 5.44 Å². The van der Waals surface area contributed by atoms with E-state index in [0.29, 0.717) is 11.5 Å². The quantitative estimate of drug-likeness (QED) is 0.789. The van der Waals surface area contributed by atoms with Crippen LogP contribution < -0.4 is 5.32 Å². The van der Waals surface area contributed by atoms with Crippen molar-refractivity contribution in [1.82, 2.24) is 5.32 Å². The number of carbonyl (C=O) groups excluding carboxylic acids is 1. The van der Waals surface area contributed by atoms with Gasteiger partial charge in [-0.15, -0.1) is 0 Å². The van der Waals surface area contributed by atoms with Gasteiger partial charge in [-0.25, -0.2) is 0 Å². The smallest absolute Gasteiger partial charge is 0.255 e. The molecular weight excluding hydrogens is 321 g/mol. The third kappa shape index (κ3) is 4.92. The van der Waals surface area contributed by atoms with Crippen LogP contribution in [0.3, 0.4) is 0 Å². The van der Waals surface area contributed by atoms with E-state index in [1.165, 1.54) is 12.2 Å². The lowest BCUT2D eigenvalue weighted by molar-refractivity contribution is 0.0968. The number of rotatable bonds is 5. The summed E-state index contributed by atoms with van der Waals surface area (Å²) in [7, 11) is -3.62. The zero-order valence-corrected chi connectivity index (χ0v) is 15.0. The molecule has 0 aromatic heterocycles. The van der Waals surface area contributed by atoms with Crippen molar-refractivity contribution in [3.05, 3.63) is 76.7 Å². The Labute approximate surface area is 142 Å². The molecular formula is C19H22NO3P. The summed E-state index contributed by atoms with van der Waals surface area (Å²) in [4.78, 5) is 22.2. The number of amides is 1. The predicted molar refractivity (Wildman–Crippen MR) is 98.2 cm³/mol. The molecule has 0 fully saturated rings. The maximum atomic E-state index is 12.3. The van der Waals surface area contributed by atoms with Gasteiger partial charge in [0.25, 0.3) is 5.91 Å². The summed E-state index contributed by atoms with van der Waals surface area (Å²) in [6.07, 6.45) is 1.55. The van der Waals surface area contributed by atoms with Crippen LogP contribution in [0.1, 0.15) is 41.3 Å². The van der Waals surface area contributed by atoms with Gasteiger partial charge in [-0.1, -0.05) is 56.3 Å². The van der Waals surface area contributed by atoms with Crippen molar-refractivity contribution in [1.29, 1.82) is 0 Å². The molecule has 0 aliphatic rings. The van der Waals surface area contributed by atoms with E-state index in [1.54, 1.807) is 36.4 Å². The van der Waals surface area contributed by atoms with Crippen molar-refractivity contribution in [2.24, 2.45) is 0 Å². The van der Waals surface area contributed by atoms with Gasteiger partial charge in [0, 0.05) is 12.2 Å². The molecule has 0 radical (unpaired) electrons. The van der Waals surface area contributed by atoms with Gasteiger partial charge in [0.1, 0.15) is 5.44 Å². The van der Waals surface area contributed by atoms with Gasteiger partial charge in [-0.3, -0.25) is 9.36 Å². The second-order valence-corrected chi connectivity index (χ2v) is 8.29. The minimum atomic E-state index is -3.62. The number of nitrogens with one attached hydrogen (secondary N) is 1. The third-order valence-electron chi connectivity index (χ3n) is 3.63. The first-order valence-electron chi connectivity index (χ1n) is 7.76. The van der Waals surface area contributed by atoms with E-state index in [2.05, 4.69) is 19.2 Å². The Kier molecular flexibility index (Phi) is 5.76. The number of benzene rings is 2. The molecule has 0 heterocycles. The van der Waals surface area contributed by atoms with Crippen LogP contribution in [-0.4, -0.2) is 17.5 Å². The maximum absolute atomic E-state index is 12.3. The average molecular weight is 343 g/mol. The molecule has 1 amide bonds. The molecule has 2 aromatic carbocycles. The lowest BCUT2D eigenvalue weighted by Crippen LogP contribution is -2.22. The lowest BCUT2D eigenvalue weighted by atomic mass is 10.0. The fourth-order valence-corrected chi connectivity index (χ4v) is 2.87. The lowest BCUT2D eigenvalue weighted by Gasteiger charge is -2.13. The van der Waals surface area contributed by atoms with Crippen LogP contribution in [0.15, 0.2) is 60.0 Å². The van der Waals surface area contributed by atoms with Crippen LogP contribution in [0, 0.1) is 0 Å². The van der Waals surface area contributed by atoms with Gasteiger partial charge in [0.15, 0.2) is 0 Å². The van der Waals surface area contributed by atoms with E-state index in [9.17, 15) is 14.3 Å². The van der Waals surface area contributed by atoms with Crippen LogP contribution in [-0.2, 0) is 4.57 Å². The fourth-order valence-electron chi connectivity index (χ4n) is 2.17. The van der Waals surface area contributed by atoms with E-state index in [4.69, 9.17) is 0 Å². The van der Waals surface area contributed by atoms with Gasteiger partial charge in [-0.05, 0) is 35.3 Å². The van der Waals surface area contributed by atoms with Crippen molar-refractivity contribution in [2.45, 2.75) is 19.8 Å². The largest absolute Gasteiger partial charge is 0.340 e. The average Bonchev–Trinajstić information content (AvgIpc) is 2.54. The van der Waals surface area contributed by atoms with Crippen molar-refractivity contribution < 1.29 is 14.3 Å². The van der Waals surface area contributed by atoms with Gasteiger partial charge >= 0.3 is 0 Å². The molecule has 2 aromatic rings. The molecule has 5 heteroatoms. The Hall–Kier alpha value is -2.16. The maximum Gasteiger partial charge on any atom is 0.255 e. The van der Waals surface area contributed by atoms with E-state index in [0.717, 1.165) is 5.56 Å². The molecule has 0 bridgehead atoms. The summed E-state index contributed by atoms with van der Waals surface area (Å²) < 4.78 is 12.1. The van der Waals surface area contributed by atoms with E-state index in [1.807, 2.05) is 24.3 Å². The molecule has 1 atom stereocenters. The molecule has 126 valence electrons. The van der Waals surface area contributed by atoms with Crippen LogP contribution >= 0.6 is 7.37 Å². The molecule has 2 rings (SSSR count). The van der Waals surface area contributed by atoms with Crippen LogP contribution in [0.4, 0.5) is 0 Å². The Morgan fingerprint density at radius 1 is 1.08 bits per heavy atom. The van der Waals surface area contributed by atoms with Crippen LogP contribution in [0.5, 0.6) is 0 Å². The van der Waals surface area contributed by atoms with Gasteiger partial charge in [-0.2, -0.15) is 0 Å². The first kappa shape index (κ1) is 18.2. The minimum absolute atomic E-state index is 0.0219. The van der Waals surface area contributed by atoms with Crippen molar-refractivity contribution in [3.63, 3.8) is 0 Å². The molecule has 0 aliphatic heterocycles. The first-order chi connectivity index (χ1) is 11.3. The second-order valence-electron chi connectivity index (χ2n) is 6.05. The monoisotopic (exact) mass is 343 g/mol. The standard InChI is InChI=1S/C19H22NO3P/c1-14(2)16-11-9-15(10-12-16)13-18(24(3,22)23)20-19(21)17-7-5-4-6-8-17/h4-14H,1-3H3,(H,20,21)(H,22,23)/b18-13+. The fraction of sp³-hybridized carbons (Fsp3) is 0.211. The van der Waals surface area contributed by atoms with Gasteiger partial charge < -0.3 is 10.2 Å². The Morgan fingerprint density at radius 3 is 2.17 bits per heavy atom. The third-order valence-corrected chi connectivity index (χ3v) is 4.77. The van der Waals surface area contributed by atoms with Crippen molar-refractivity contribution >= 4 is 19.4 Å². The normalized spacial score (nSPS) is 14.3. The Bertz CT molecular complexity index is 774. The molecule has 4 nitrogen and oxygen atoms in total. The summed E-state index contributed by atoms with van der Waals surface area (Å²) in [5, 5.41) is 2.57. The highest BCUT2D eigenvalue weighted by molar-refractivity contribution is 7.61. The summed E-state index contributed by atoms with van der Waals surface area (Å²) in [5.74, 6) is 0.00664. The van der Waals surface area contributed by atoms with Gasteiger partial charge in [0.2, 0.25) is 7.37 Å². The van der Waals surface area contributed by atoms with Crippen molar-refractivity contribution in [3.8, 4) is 0 Å². The highest BCUT2D eigenvalue weighted by atomic mass is 31.2. The zero-order chi connectivity index (χ0) is 17.7. The second kappa shape index (κ2) is 7.61. The van der Waals surface area contributed by atoms with E-state index >= 15 is 0 Å². The first-order valence-corrected chi connectivity index (χ1v) is 9.87. The Morgan fingerprint density at radius 2 is 1.67 bits per heavy atom. The molecule has 0 aliphatic carbocycles. The Balaban J connectivity index is 2.28. The zero-order valence-electron chi connectivity index (χ0n) is 14.1. The van der Waals surface area contributed by atoms with Crippen LogP contribution in [0.2, 0.25) is 0 Å². The molecule has 0 saturated carbocycles. The van der Waals surface area contributed by atoms with Crippen LogP contribution in [0.25, 0.3) is 6.08 Å². The van der Waals surface area contributed by atoms with Crippen molar-refractivity contribution in [2.75, 3.05) is 6.66 Å². The highest BCUT2D eigenvalue weighted by Crippen LogP contribution is 2.44. The summed E-state index contributed by atoms with van der Waals surface area (Å²) in [5.41, 5.74) is 2.41. The molecule has 1 unspecified atom stereocenters. The number of hydrogen-bond acceptors (Lipinski definition) is 2. The highest BCUT2D eigenvalue weighted by Gasteiger charge is 2.20. The summed E-state index contributed by atoms with van der Waals surface area (Å²) in [6.45, 7) is 5.42. The SMILES string of the molecule is CC(C)c1ccc(/C=C(\NC(=O)c2ccccc2)P(C)(=O)O)cc1. The number of hydrogen-bond donors (Lipinski definition) is 2. The predicted octanol–water partition coefficient (Wildman–Crippen LogP) is 4.44. The summed E-state index contributed by atoms with van der Waals surface area (Å²) >= 11 is 0. The molecule has 0 spiro atoms. The minimum Gasteiger partial charge on any atom is -0.340 e. The van der Waals surface area contributed by atoms with Gasteiger partial charge in [0.05, 0.1) is 0 Å². The molecule has 2 N–H and O–H groups in total. The molecule has 0 saturated heterocycles. The van der Waals surface area contributed by atoms with E-state index < -0.39 is 13.3 Å².